The lowest BCUT2D eigenvalue weighted by atomic mass is 9.95. The first kappa shape index (κ1) is 16.8. The molecule has 1 fully saturated rings. The van der Waals surface area contributed by atoms with Crippen molar-refractivity contribution in [1.82, 2.24) is 14.5 Å². The van der Waals surface area contributed by atoms with Crippen molar-refractivity contribution in [2.75, 3.05) is 6.54 Å². The predicted octanol–water partition coefficient (Wildman–Crippen LogP) is 4.05. The molecule has 2 aromatic carbocycles. The minimum atomic E-state index is 0.267. The van der Waals surface area contributed by atoms with Gasteiger partial charge in [0, 0.05) is 25.6 Å². The molecule has 0 saturated carbocycles. The number of fused-ring (bicyclic) bond motifs is 1. The summed E-state index contributed by atoms with van der Waals surface area (Å²) in [6.07, 6.45) is 6.77. The van der Waals surface area contributed by atoms with E-state index in [1.807, 2.05) is 30.6 Å². The Morgan fingerprint density at radius 1 is 1.04 bits per heavy atom. The zero-order chi connectivity index (χ0) is 17.8. The van der Waals surface area contributed by atoms with Gasteiger partial charge in [-0.1, -0.05) is 42.5 Å². The van der Waals surface area contributed by atoms with E-state index >= 15 is 0 Å². The Bertz CT molecular complexity index is 871. The first-order chi connectivity index (χ1) is 12.8. The maximum Gasteiger partial charge on any atom is 0.224 e. The molecule has 1 atom stereocenters. The van der Waals surface area contributed by atoms with Crippen molar-refractivity contribution in [2.45, 2.75) is 44.7 Å². The fourth-order valence-corrected chi connectivity index (χ4v) is 3.98. The number of piperidine rings is 1. The molecule has 4 heteroatoms. The van der Waals surface area contributed by atoms with Crippen LogP contribution in [0.3, 0.4) is 0 Å². The summed E-state index contributed by atoms with van der Waals surface area (Å²) in [5.41, 5.74) is 3.40. The van der Waals surface area contributed by atoms with Crippen LogP contribution in [0.1, 0.15) is 31.2 Å². The monoisotopic (exact) mass is 347 g/mol. The Labute approximate surface area is 154 Å². The van der Waals surface area contributed by atoms with Crippen LogP contribution in [0.25, 0.3) is 11.0 Å². The number of aryl methyl sites for hydroxylation is 1. The Balaban J connectivity index is 1.42. The second-order valence-electron chi connectivity index (χ2n) is 7.10. The minimum absolute atomic E-state index is 0.267. The van der Waals surface area contributed by atoms with E-state index < -0.39 is 0 Å². The smallest absolute Gasteiger partial charge is 0.224 e. The summed E-state index contributed by atoms with van der Waals surface area (Å²) < 4.78 is 2.09. The molecule has 1 aromatic heterocycles. The molecule has 4 nitrogen and oxygen atoms in total. The molecule has 0 N–H and O–H groups in total. The van der Waals surface area contributed by atoms with E-state index in [4.69, 9.17) is 0 Å². The molecule has 1 aliphatic rings. The topological polar surface area (TPSA) is 38.1 Å². The zero-order valence-electron chi connectivity index (χ0n) is 15.1. The molecule has 4 rings (SSSR count). The van der Waals surface area contributed by atoms with E-state index in [1.54, 1.807) is 0 Å². The number of benzene rings is 2. The molecule has 134 valence electrons. The quantitative estimate of drug-likeness (QED) is 0.698. The van der Waals surface area contributed by atoms with Gasteiger partial charge < -0.3 is 9.47 Å². The normalized spacial score (nSPS) is 17.5. The van der Waals surface area contributed by atoms with Crippen molar-refractivity contribution in [3.63, 3.8) is 0 Å². The molecule has 1 amide bonds. The largest absolute Gasteiger partial charge is 0.339 e. The summed E-state index contributed by atoms with van der Waals surface area (Å²) in [5, 5.41) is 0. The number of nitrogens with zero attached hydrogens (tertiary/aromatic N) is 3. The molecular weight excluding hydrogens is 322 g/mol. The molecule has 0 radical (unpaired) electrons. The average molecular weight is 347 g/mol. The van der Waals surface area contributed by atoms with Gasteiger partial charge in [0.1, 0.15) is 0 Å². The third-order valence-electron chi connectivity index (χ3n) is 5.36. The fraction of sp³-hybridized carbons (Fsp3) is 0.364. The second-order valence-corrected chi connectivity index (χ2v) is 7.10. The van der Waals surface area contributed by atoms with E-state index in [0.29, 0.717) is 19.0 Å². The maximum atomic E-state index is 12.9. The Morgan fingerprint density at radius 2 is 1.85 bits per heavy atom. The molecular formula is C22H25N3O. The molecule has 1 aliphatic heterocycles. The lowest BCUT2D eigenvalue weighted by molar-refractivity contribution is -0.135. The number of likely N-dealkylation sites (tertiary alicyclic amines) is 1. The van der Waals surface area contributed by atoms with Crippen molar-refractivity contribution in [3.05, 3.63) is 66.5 Å². The third-order valence-corrected chi connectivity index (χ3v) is 5.36. The van der Waals surface area contributed by atoms with Gasteiger partial charge in [0.2, 0.25) is 5.91 Å². The summed E-state index contributed by atoms with van der Waals surface area (Å²) in [4.78, 5) is 19.5. The SMILES string of the molecule is O=C(CCn1cnc2ccccc21)N1CCCCC1Cc1ccccc1. The second kappa shape index (κ2) is 7.73. The number of hydrogen-bond donors (Lipinski definition) is 0. The number of para-hydroxylation sites is 2. The number of carbonyl (C=O) groups excluding carboxylic acids is 1. The van der Waals surface area contributed by atoms with Crippen molar-refractivity contribution >= 4 is 16.9 Å². The number of amides is 1. The molecule has 0 bridgehead atoms. The highest BCUT2D eigenvalue weighted by atomic mass is 16.2. The van der Waals surface area contributed by atoms with Crippen molar-refractivity contribution in [2.24, 2.45) is 0 Å². The van der Waals surface area contributed by atoms with Gasteiger partial charge in [-0.15, -0.1) is 0 Å². The first-order valence-corrected chi connectivity index (χ1v) is 9.54. The Hall–Kier alpha value is -2.62. The van der Waals surface area contributed by atoms with Crippen LogP contribution in [0.5, 0.6) is 0 Å². The lowest BCUT2D eigenvalue weighted by Crippen LogP contribution is -2.45. The summed E-state index contributed by atoms with van der Waals surface area (Å²) in [6, 6.07) is 18.9. The Morgan fingerprint density at radius 3 is 2.73 bits per heavy atom. The molecule has 1 unspecified atom stereocenters. The van der Waals surface area contributed by atoms with Gasteiger partial charge in [0.05, 0.1) is 17.4 Å². The first-order valence-electron chi connectivity index (χ1n) is 9.54. The van der Waals surface area contributed by atoms with Crippen LogP contribution < -0.4 is 0 Å². The van der Waals surface area contributed by atoms with Gasteiger partial charge in [-0.05, 0) is 43.4 Å². The minimum Gasteiger partial charge on any atom is -0.339 e. The zero-order valence-corrected chi connectivity index (χ0v) is 15.1. The van der Waals surface area contributed by atoms with Crippen LogP contribution >= 0.6 is 0 Å². The molecule has 0 aliphatic carbocycles. The van der Waals surface area contributed by atoms with Gasteiger partial charge in [0.15, 0.2) is 0 Å². The highest BCUT2D eigenvalue weighted by Crippen LogP contribution is 2.22. The van der Waals surface area contributed by atoms with Crippen LogP contribution in [0.2, 0.25) is 0 Å². The van der Waals surface area contributed by atoms with Crippen molar-refractivity contribution in [1.29, 1.82) is 0 Å². The van der Waals surface area contributed by atoms with Crippen LogP contribution in [-0.4, -0.2) is 32.9 Å². The molecule has 2 heterocycles. The van der Waals surface area contributed by atoms with E-state index in [2.05, 4.69) is 44.8 Å². The summed E-state index contributed by atoms with van der Waals surface area (Å²) in [6.45, 7) is 1.58. The van der Waals surface area contributed by atoms with Gasteiger partial charge >= 0.3 is 0 Å². The van der Waals surface area contributed by atoms with Crippen LogP contribution in [-0.2, 0) is 17.8 Å². The molecule has 0 spiro atoms. The van der Waals surface area contributed by atoms with Crippen LogP contribution in [0.4, 0.5) is 0 Å². The van der Waals surface area contributed by atoms with Crippen LogP contribution in [0.15, 0.2) is 60.9 Å². The summed E-state index contributed by atoms with van der Waals surface area (Å²) in [7, 11) is 0. The number of imidazole rings is 1. The Kier molecular flexibility index (Phi) is 5.00. The van der Waals surface area contributed by atoms with E-state index in [0.717, 1.165) is 36.8 Å². The predicted molar refractivity (Wildman–Crippen MR) is 104 cm³/mol. The average Bonchev–Trinajstić information content (AvgIpc) is 3.10. The number of rotatable bonds is 5. The highest BCUT2D eigenvalue weighted by Gasteiger charge is 2.26. The third kappa shape index (κ3) is 3.64. The summed E-state index contributed by atoms with van der Waals surface area (Å²) >= 11 is 0. The number of aromatic nitrogens is 2. The van der Waals surface area contributed by atoms with E-state index in [9.17, 15) is 4.79 Å². The van der Waals surface area contributed by atoms with Gasteiger partial charge in [-0.2, -0.15) is 0 Å². The summed E-state index contributed by atoms with van der Waals surface area (Å²) in [5.74, 6) is 0.267. The van der Waals surface area contributed by atoms with E-state index in [-0.39, 0.29) is 5.91 Å². The maximum absolute atomic E-state index is 12.9. The fourth-order valence-electron chi connectivity index (χ4n) is 3.98. The van der Waals surface area contributed by atoms with E-state index in [1.165, 1.54) is 12.0 Å². The molecule has 1 saturated heterocycles. The number of hydrogen-bond acceptors (Lipinski definition) is 2. The highest BCUT2D eigenvalue weighted by molar-refractivity contribution is 5.78. The lowest BCUT2D eigenvalue weighted by Gasteiger charge is -2.36. The van der Waals surface area contributed by atoms with Crippen molar-refractivity contribution < 1.29 is 4.79 Å². The van der Waals surface area contributed by atoms with Gasteiger partial charge in [0.25, 0.3) is 0 Å². The standard InChI is InChI=1S/C22H25N3O/c26-22(13-15-24-17-23-20-11-4-5-12-21(20)24)25-14-7-6-10-19(25)16-18-8-2-1-3-9-18/h1-5,8-9,11-12,17,19H,6-7,10,13-16H2. The molecule has 26 heavy (non-hydrogen) atoms. The van der Waals surface area contributed by atoms with Crippen LogP contribution in [0, 0.1) is 0 Å². The van der Waals surface area contributed by atoms with Gasteiger partial charge in [-0.25, -0.2) is 4.98 Å². The number of carbonyl (C=O) groups is 1. The molecule has 3 aromatic rings. The van der Waals surface area contributed by atoms with Gasteiger partial charge in [-0.3, -0.25) is 4.79 Å². The van der Waals surface area contributed by atoms with Crippen molar-refractivity contribution in [3.8, 4) is 0 Å².